The van der Waals surface area contributed by atoms with Gasteiger partial charge in [0.25, 0.3) is 5.91 Å². The van der Waals surface area contributed by atoms with Crippen LogP contribution in [0.2, 0.25) is 13.7 Å². The zero-order valence-electron chi connectivity index (χ0n) is 8.84. The summed E-state index contributed by atoms with van der Waals surface area (Å²) in [5.41, 5.74) is 6.91. The van der Waals surface area contributed by atoms with E-state index in [1.807, 2.05) is 0 Å². The lowest BCUT2D eigenvalue weighted by Gasteiger charge is -2.07. The summed E-state index contributed by atoms with van der Waals surface area (Å²) in [4.78, 5) is 11.9. The number of amides is 1. The van der Waals surface area contributed by atoms with Gasteiger partial charge in [0, 0.05) is 5.02 Å². The molecule has 2 rings (SSSR count). The number of anilines is 2. The number of nitrogens with two attached hydrogens (primary N) is 1. The molecule has 0 bridgehead atoms. The third kappa shape index (κ3) is 2.90. The Hall–Kier alpha value is -0.940. The van der Waals surface area contributed by atoms with Gasteiger partial charge in [-0.2, -0.15) is 0 Å². The van der Waals surface area contributed by atoms with Crippen molar-refractivity contribution < 1.29 is 4.79 Å². The highest BCUT2D eigenvalue weighted by atomic mass is 35.5. The topological polar surface area (TPSA) is 55.1 Å². The number of hydrogen-bond acceptors (Lipinski definition) is 3. The van der Waals surface area contributed by atoms with E-state index in [-0.39, 0.29) is 5.91 Å². The number of rotatable bonds is 2. The fourth-order valence-corrected chi connectivity index (χ4v) is 2.97. The van der Waals surface area contributed by atoms with Crippen LogP contribution in [0.3, 0.4) is 0 Å². The van der Waals surface area contributed by atoms with Crippen LogP contribution in [0, 0.1) is 0 Å². The minimum atomic E-state index is -0.364. The second-order valence-electron chi connectivity index (χ2n) is 3.42. The van der Waals surface area contributed by atoms with Crippen LogP contribution in [0.1, 0.15) is 10.4 Å². The zero-order valence-corrected chi connectivity index (χ0v) is 11.9. The molecule has 0 radical (unpaired) electrons. The van der Waals surface area contributed by atoms with Gasteiger partial charge in [-0.3, -0.25) is 4.79 Å². The monoisotopic (exact) mass is 320 g/mol. The van der Waals surface area contributed by atoms with Crippen LogP contribution in [0.25, 0.3) is 0 Å². The maximum Gasteiger partial charge on any atom is 0.258 e. The second-order valence-corrected chi connectivity index (χ2v) is 6.15. The number of nitrogen functional groups attached to an aromatic ring is 1. The molecule has 0 atom stereocenters. The molecule has 7 heteroatoms. The van der Waals surface area contributed by atoms with E-state index in [1.165, 1.54) is 6.07 Å². The summed E-state index contributed by atoms with van der Waals surface area (Å²) >= 11 is 18.6. The lowest BCUT2D eigenvalue weighted by atomic mass is 10.2. The smallest absolute Gasteiger partial charge is 0.258 e. The molecule has 3 nitrogen and oxygen atoms in total. The Balaban J connectivity index is 2.24. The second kappa shape index (κ2) is 5.36. The van der Waals surface area contributed by atoms with Crippen LogP contribution in [0.15, 0.2) is 24.3 Å². The first-order valence-electron chi connectivity index (χ1n) is 4.78. The van der Waals surface area contributed by atoms with E-state index in [2.05, 4.69) is 5.32 Å². The first-order chi connectivity index (χ1) is 8.47. The molecule has 94 valence electrons. The SMILES string of the molecule is Nc1cc(Cl)ccc1NC(=O)c1cc(Cl)sc1Cl. The Bertz CT molecular complexity index is 612. The number of thiophene rings is 1. The number of benzene rings is 1. The van der Waals surface area contributed by atoms with Gasteiger partial charge in [0.1, 0.15) is 4.34 Å². The number of carbonyl (C=O) groups excluding carboxylic acids is 1. The molecule has 0 spiro atoms. The van der Waals surface area contributed by atoms with Crippen molar-refractivity contribution in [2.45, 2.75) is 0 Å². The van der Waals surface area contributed by atoms with E-state index in [0.29, 0.717) is 30.6 Å². The number of hydrogen-bond donors (Lipinski definition) is 2. The summed E-state index contributed by atoms with van der Waals surface area (Å²) in [6.07, 6.45) is 0. The molecule has 0 aliphatic carbocycles. The van der Waals surface area contributed by atoms with Crippen molar-refractivity contribution in [1.82, 2.24) is 0 Å². The van der Waals surface area contributed by atoms with Gasteiger partial charge in [0.05, 0.1) is 21.3 Å². The maximum atomic E-state index is 11.9. The van der Waals surface area contributed by atoms with Gasteiger partial charge in [0.15, 0.2) is 0 Å². The highest BCUT2D eigenvalue weighted by Crippen LogP contribution is 2.32. The predicted molar refractivity (Wildman–Crippen MR) is 78.2 cm³/mol. The average molecular weight is 322 g/mol. The van der Waals surface area contributed by atoms with Gasteiger partial charge in [-0.1, -0.05) is 34.8 Å². The minimum Gasteiger partial charge on any atom is -0.397 e. The summed E-state index contributed by atoms with van der Waals surface area (Å²) in [6, 6.07) is 6.32. The molecule has 18 heavy (non-hydrogen) atoms. The van der Waals surface area contributed by atoms with Gasteiger partial charge >= 0.3 is 0 Å². The molecule has 1 heterocycles. The van der Waals surface area contributed by atoms with E-state index in [0.717, 1.165) is 11.3 Å². The normalized spacial score (nSPS) is 10.4. The molecule has 0 saturated carbocycles. The molecule has 0 aliphatic heterocycles. The van der Waals surface area contributed by atoms with E-state index >= 15 is 0 Å². The molecule has 1 amide bonds. The summed E-state index contributed by atoms with van der Waals surface area (Å²) in [7, 11) is 0. The highest BCUT2D eigenvalue weighted by Gasteiger charge is 2.15. The largest absolute Gasteiger partial charge is 0.397 e. The van der Waals surface area contributed by atoms with Crippen LogP contribution in [0.5, 0.6) is 0 Å². The Labute approximate surface area is 122 Å². The standard InChI is InChI=1S/C11H7Cl3N2OS/c12-5-1-2-8(7(15)3-5)16-11(17)6-4-9(13)18-10(6)14/h1-4H,15H2,(H,16,17). The van der Waals surface area contributed by atoms with Crippen LogP contribution in [0.4, 0.5) is 11.4 Å². The minimum absolute atomic E-state index is 0.320. The van der Waals surface area contributed by atoms with Crippen molar-refractivity contribution >= 4 is 63.4 Å². The van der Waals surface area contributed by atoms with E-state index in [9.17, 15) is 4.79 Å². The van der Waals surface area contributed by atoms with Gasteiger partial charge in [0.2, 0.25) is 0 Å². The van der Waals surface area contributed by atoms with Crippen molar-refractivity contribution in [3.05, 3.63) is 43.5 Å². The predicted octanol–water partition coefficient (Wildman–Crippen LogP) is 4.54. The molecule has 0 aliphatic rings. The highest BCUT2D eigenvalue weighted by molar-refractivity contribution is 7.20. The van der Waals surface area contributed by atoms with Crippen molar-refractivity contribution in [2.24, 2.45) is 0 Å². The number of nitrogens with one attached hydrogen (secondary N) is 1. The molecular weight excluding hydrogens is 315 g/mol. The van der Waals surface area contributed by atoms with Gasteiger partial charge in [-0.15, -0.1) is 11.3 Å². The molecule has 0 saturated heterocycles. The van der Waals surface area contributed by atoms with Crippen LogP contribution < -0.4 is 11.1 Å². The lowest BCUT2D eigenvalue weighted by Crippen LogP contribution is -2.12. The molecule has 2 aromatic rings. The Morgan fingerprint density at radius 2 is 1.94 bits per heavy atom. The Kier molecular flexibility index (Phi) is 4.02. The fourth-order valence-electron chi connectivity index (χ4n) is 1.33. The number of halogens is 3. The molecule has 0 unspecified atom stereocenters. The molecule has 1 aromatic carbocycles. The van der Waals surface area contributed by atoms with Crippen molar-refractivity contribution in [1.29, 1.82) is 0 Å². The summed E-state index contributed by atoms with van der Waals surface area (Å²) < 4.78 is 0.791. The first kappa shape index (κ1) is 13.5. The summed E-state index contributed by atoms with van der Waals surface area (Å²) in [6.45, 7) is 0. The molecule has 1 aromatic heterocycles. The average Bonchev–Trinajstić information content (AvgIpc) is 2.62. The molecular formula is C11H7Cl3N2OS. The van der Waals surface area contributed by atoms with Crippen molar-refractivity contribution in [3.8, 4) is 0 Å². The first-order valence-corrected chi connectivity index (χ1v) is 6.73. The van der Waals surface area contributed by atoms with E-state index in [1.54, 1.807) is 18.2 Å². The van der Waals surface area contributed by atoms with Crippen molar-refractivity contribution in [3.63, 3.8) is 0 Å². The summed E-state index contributed by atoms with van der Waals surface area (Å²) in [5.74, 6) is -0.364. The van der Waals surface area contributed by atoms with Gasteiger partial charge in [-0.05, 0) is 24.3 Å². The number of carbonyl (C=O) groups is 1. The van der Waals surface area contributed by atoms with Gasteiger partial charge < -0.3 is 11.1 Å². The van der Waals surface area contributed by atoms with Crippen molar-refractivity contribution in [2.75, 3.05) is 11.1 Å². The molecule has 0 fully saturated rings. The zero-order chi connectivity index (χ0) is 13.3. The maximum absolute atomic E-state index is 11.9. The van der Waals surface area contributed by atoms with Crippen LogP contribution >= 0.6 is 46.1 Å². The summed E-state index contributed by atoms with van der Waals surface area (Å²) in [5, 5.41) is 3.15. The third-order valence-corrected chi connectivity index (χ3v) is 3.89. The Morgan fingerprint density at radius 3 is 2.50 bits per heavy atom. The van der Waals surface area contributed by atoms with Gasteiger partial charge in [-0.25, -0.2) is 0 Å². The quantitative estimate of drug-likeness (QED) is 0.798. The van der Waals surface area contributed by atoms with E-state index < -0.39 is 0 Å². The van der Waals surface area contributed by atoms with Crippen LogP contribution in [-0.4, -0.2) is 5.91 Å². The lowest BCUT2D eigenvalue weighted by molar-refractivity contribution is 0.102. The van der Waals surface area contributed by atoms with Crippen LogP contribution in [-0.2, 0) is 0 Å². The third-order valence-electron chi connectivity index (χ3n) is 2.16. The fraction of sp³-hybridized carbons (Fsp3) is 0. The molecule has 3 N–H and O–H groups in total. The van der Waals surface area contributed by atoms with E-state index in [4.69, 9.17) is 40.5 Å². The Morgan fingerprint density at radius 1 is 1.22 bits per heavy atom.